The number of rotatable bonds is 1. The van der Waals surface area contributed by atoms with Crippen LogP contribution in [0.25, 0.3) is 11.1 Å². The van der Waals surface area contributed by atoms with Gasteiger partial charge in [0.05, 0.1) is 11.2 Å². The number of hydrogen-bond donors (Lipinski definition) is 0. The van der Waals surface area contributed by atoms with Gasteiger partial charge in [-0.3, -0.25) is 0 Å². The van der Waals surface area contributed by atoms with Crippen molar-refractivity contribution in [2.75, 3.05) is 0 Å². The summed E-state index contributed by atoms with van der Waals surface area (Å²) in [6.45, 7) is 8.49. The van der Waals surface area contributed by atoms with Crippen molar-refractivity contribution in [2.45, 2.75) is 48.7 Å². The minimum Gasteiger partial charge on any atom is -0.399 e. The predicted octanol–water partition coefficient (Wildman–Crippen LogP) is 3.81. The summed E-state index contributed by atoms with van der Waals surface area (Å²) < 4.78 is 13.0. The van der Waals surface area contributed by atoms with Crippen molar-refractivity contribution in [3.8, 4) is 11.1 Å². The second-order valence-electron chi connectivity index (χ2n) is 10.8. The van der Waals surface area contributed by atoms with E-state index >= 15 is 0 Å². The van der Waals surface area contributed by atoms with Crippen LogP contribution < -0.4 is 26.2 Å². The Hall–Kier alpha value is -2.57. The lowest BCUT2D eigenvalue weighted by Gasteiger charge is -2.38. The molecule has 0 unspecified atom stereocenters. The molecule has 1 spiro atoms. The molecule has 0 atom stereocenters. The molecule has 0 saturated carbocycles. The minimum absolute atomic E-state index is 0.364. The van der Waals surface area contributed by atoms with Crippen LogP contribution in [0, 0.1) is 0 Å². The SMILES string of the molecule is CC1(C)OB(c2ccc3c(c2)[Si]2(c4ccccc4S3)c3ccccc3-c3ccccc32)OC1(C)C. The molecular formula is C30H27BO2SSi. The summed E-state index contributed by atoms with van der Waals surface area (Å²) >= 11 is 1.90. The zero-order valence-corrected chi connectivity index (χ0v) is 22.3. The second-order valence-corrected chi connectivity index (χ2v) is 15.5. The summed E-state index contributed by atoms with van der Waals surface area (Å²) in [6.07, 6.45) is 0. The van der Waals surface area contributed by atoms with Gasteiger partial charge in [-0.1, -0.05) is 90.6 Å². The Bertz CT molecular complexity index is 1450. The van der Waals surface area contributed by atoms with E-state index in [1.165, 1.54) is 41.7 Å². The largest absolute Gasteiger partial charge is 0.494 e. The molecule has 3 heterocycles. The van der Waals surface area contributed by atoms with Gasteiger partial charge in [0.1, 0.15) is 0 Å². The average molecular weight is 491 g/mol. The highest BCUT2D eigenvalue weighted by molar-refractivity contribution is 8.00. The van der Waals surface area contributed by atoms with Crippen molar-refractivity contribution < 1.29 is 9.31 Å². The lowest BCUT2D eigenvalue weighted by atomic mass is 9.79. The summed E-state index contributed by atoms with van der Waals surface area (Å²) in [4.78, 5) is 2.73. The van der Waals surface area contributed by atoms with E-state index in [1.807, 2.05) is 11.8 Å². The topological polar surface area (TPSA) is 18.5 Å². The maximum absolute atomic E-state index is 6.49. The molecule has 0 radical (unpaired) electrons. The first-order valence-electron chi connectivity index (χ1n) is 12.3. The molecule has 1 fully saturated rings. The fourth-order valence-electron chi connectivity index (χ4n) is 6.00. The Morgan fingerprint density at radius 1 is 0.600 bits per heavy atom. The van der Waals surface area contributed by atoms with Crippen molar-refractivity contribution in [3.63, 3.8) is 0 Å². The third kappa shape index (κ3) is 2.81. The van der Waals surface area contributed by atoms with Crippen LogP contribution in [0.5, 0.6) is 0 Å². The van der Waals surface area contributed by atoms with Crippen molar-refractivity contribution in [1.29, 1.82) is 0 Å². The van der Waals surface area contributed by atoms with Crippen LogP contribution >= 0.6 is 11.8 Å². The molecular weight excluding hydrogens is 463 g/mol. The number of fused-ring (bicyclic) bond motifs is 9. The Labute approximate surface area is 212 Å². The quantitative estimate of drug-likeness (QED) is 0.327. The molecule has 2 nitrogen and oxygen atoms in total. The third-order valence-corrected chi connectivity index (χ3v) is 14.9. The van der Waals surface area contributed by atoms with Gasteiger partial charge in [0.2, 0.25) is 0 Å². The summed E-state index contributed by atoms with van der Waals surface area (Å²) in [6, 6.07) is 34.1. The van der Waals surface area contributed by atoms with Crippen molar-refractivity contribution in [1.82, 2.24) is 0 Å². The highest BCUT2D eigenvalue weighted by Crippen LogP contribution is 2.39. The van der Waals surface area contributed by atoms with Crippen LogP contribution in [-0.2, 0) is 9.31 Å². The predicted molar refractivity (Wildman–Crippen MR) is 149 cm³/mol. The van der Waals surface area contributed by atoms with E-state index in [-0.39, 0.29) is 18.3 Å². The summed E-state index contributed by atoms with van der Waals surface area (Å²) in [5.41, 5.74) is 3.13. The smallest absolute Gasteiger partial charge is 0.399 e. The molecule has 0 aromatic heterocycles. The molecule has 0 aliphatic carbocycles. The molecule has 3 aliphatic rings. The maximum atomic E-state index is 6.49. The monoisotopic (exact) mass is 490 g/mol. The maximum Gasteiger partial charge on any atom is 0.494 e. The first-order chi connectivity index (χ1) is 16.8. The van der Waals surface area contributed by atoms with Crippen LogP contribution in [0.1, 0.15) is 27.7 Å². The van der Waals surface area contributed by atoms with E-state index in [0.717, 1.165) is 5.46 Å². The highest BCUT2D eigenvalue weighted by atomic mass is 32.2. The minimum atomic E-state index is -2.49. The lowest BCUT2D eigenvalue weighted by Crippen LogP contribution is -2.75. The molecule has 4 aromatic carbocycles. The van der Waals surface area contributed by atoms with Crippen LogP contribution in [0.2, 0.25) is 0 Å². The first kappa shape index (κ1) is 21.7. The van der Waals surface area contributed by atoms with Gasteiger partial charge >= 0.3 is 7.12 Å². The molecule has 0 N–H and O–H groups in total. The normalized spacial score (nSPS) is 19.7. The summed E-state index contributed by atoms with van der Waals surface area (Å²) in [7, 11) is -2.86. The van der Waals surface area contributed by atoms with Crippen LogP contribution in [0.3, 0.4) is 0 Å². The van der Waals surface area contributed by atoms with Gasteiger partial charge in [0.25, 0.3) is 0 Å². The van der Waals surface area contributed by atoms with E-state index in [9.17, 15) is 0 Å². The van der Waals surface area contributed by atoms with E-state index in [2.05, 4.69) is 119 Å². The van der Waals surface area contributed by atoms with Crippen LogP contribution in [0.4, 0.5) is 0 Å². The second kappa shape index (κ2) is 7.23. The Kier molecular flexibility index (Phi) is 4.48. The van der Waals surface area contributed by atoms with Crippen LogP contribution in [-0.4, -0.2) is 26.4 Å². The van der Waals surface area contributed by atoms with E-state index in [1.54, 1.807) is 0 Å². The molecule has 5 heteroatoms. The molecule has 4 aromatic rings. The van der Waals surface area contributed by atoms with Crippen molar-refractivity contribution in [3.05, 3.63) is 91.0 Å². The molecule has 0 bridgehead atoms. The fraction of sp³-hybridized carbons (Fsp3) is 0.200. The first-order valence-corrected chi connectivity index (χ1v) is 15.1. The van der Waals surface area contributed by atoms with Gasteiger partial charge in [0, 0.05) is 9.79 Å². The lowest BCUT2D eigenvalue weighted by molar-refractivity contribution is 0.00578. The van der Waals surface area contributed by atoms with Crippen LogP contribution in [0.15, 0.2) is 101 Å². The van der Waals surface area contributed by atoms with Gasteiger partial charge in [-0.2, -0.15) is 0 Å². The Balaban J connectivity index is 1.53. The summed E-state index contributed by atoms with van der Waals surface area (Å²) in [5, 5.41) is 5.91. The van der Waals surface area contributed by atoms with Gasteiger partial charge in [-0.15, -0.1) is 0 Å². The average Bonchev–Trinajstić information content (AvgIpc) is 3.27. The number of benzene rings is 4. The van der Waals surface area contributed by atoms with Crippen molar-refractivity contribution >= 4 is 53.2 Å². The number of hydrogen-bond acceptors (Lipinski definition) is 3. The zero-order chi connectivity index (χ0) is 24.0. The zero-order valence-electron chi connectivity index (χ0n) is 20.5. The third-order valence-electron chi connectivity index (χ3n) is 8.40. The van der Waals surface area contributed by atoms with E-state index in [0.29, 0.717) is 0 Å². The molecule has 1 saturated heterocycles. The molecule has 172 valence electrons. The molecule has 0 amide bonds. The van der Waals surface area contributed by atoms with E-state index < -0.39 is 8.07 Å². The van der Waals surface area contributed by atoms with Gasteiger partial charge in [-0.05, 0) is 77.2 Å². The van der Waals surface area contributed by atoms with Gasteiger partial charge < -0.3 is 9.31 Å². The van der Waals surface area contributed by atoms with Gasteiger partial charge in [0.15, 0.2) is 8.07 Å². The Morgan fingerprint density at radius 2 is 1.11 bits per heavy atom. The molecule has 7 rings (SSSR count). The van der Waals surface area contributed by atoms with Crippen molar-refractivity contribution in [2.24, 2.45) is 0 Å². The summed E-state index contributed by atoms with van der Waals surface area (Å²) in [5.74, 6) is 0. The van der Waals surface area contributed by atoms with Gasteiger partial charge in [-0.25, -0.2) is 0 Å². The fourth-order valence-corrected chi connectivity index (χ4v) is 13.4. The highest BCUT2D eigenvalue weighted by Gasteiger charge is 2.55. The molecule has 3 aliphatic heterocycles. The Morgan fingerprint density at radius 3 is 1.74 bits per heavy atom. The molecule has 35 heavy (non-hydrogen) atoms. The standard InChI is InChI=1S/C30H27BO2SSi/c1-29(2)30(3,4)33-31(32-29)20-17-18-24-28(19-20)35(27-16-10-7-13-23(27)34-24)25-14-8-5-11-21(25)22-12-6-9-15-26(22)35/h5-19H,1-4H3. The van der Waals surface area contributed by atoms with E-state index in [4.69, 9.17) is 9.31 Å².